The highest BCUT2D eigenvalue weighted by molar-refractivity contribution is 4.76. The van der Waals surface area contributed by atoms with Crippen molar-refractivity contribution in [2.45, 2.75) is 65.2 Å². The van der Waals surface area contributed by atoms with E-state index >= 15 is 0 Å². The fourth-order valence-corrected chi connectivity index (χ4v) is 1.47. The summed E-state index contributed by atoms with van der Waals surface area (Å²) in [5.41, 5.74) is 0. The van der Waals surface area contributed by atoms with Gasteiger partial charge in [-0.15, -0.1) is 0 Å². The van der Waals surface area contributed by atoms with Gasteiger partial charge in [-0.05, 0) is 12.3 Å². The molecular formula is C11H22F3N. The maximum Gasteiger partial charge on any atom is 0.403 e. The summed E-state index contributed by atoms with van der Waals surface area (Å²) in [5, 5.41) is 2.57. The van der Waals surface area contributed by atoms with Gasteiger partial charge in [0.2, 0.25) is 0 Å². The Kier molecular flexibility index (Phi) is 6.25. The second-order valence-corrected chi connectivity index (χ2v) is 4.74. The van der Waals surface area contributed by atoms with Crippen molar-refractivity contribution in [3.8, 4) is 0 Å². The minimum atomic E-state index is -4.12. The topological polar surface area (TPSA) is 12.0 Å². The van der Waals surface area contributed by atoms with Gasteiger partial charge >= 0.3 is 6.18 Å². The zero-order valence-corrected chi connectivity index (χ0v) is 9.99. The second-order valence-electron chi connectivity index (χ2n) is 4.74. The van der Waals surface area contributed by atoms with Crippen molar-refractivity contribution < 1.29 is 13.2 Å². The third-order valence-electron chi connectivity index (χ3n) is 2.20. The summed E-state index contributed by atoms with van der Waals surface area (Å²) >= 11 is 0. The van der Waals surface area contributed by atoms with Crippen LogP contribution in [0.25, 0.3) is 0 Å². The van der Waals surface area contributed by atoms with Crippen LogP contribution in [0.3, 0.4) is 0 Å². The van der Waals surface area contributed by atoms with E-state index in [0.29, 0.717) is 12.3 Å². The molecule has 1 nitrogen and oxygen atoms in total. The first-order chi connectivity index (χ1) is 6.73. The summed E-state index contributed by atoms with van der Waals surface area (Å²) in [5.74, 6) is 0.470. The highest BCUT2D eigenvalue weighted by Gasteiger charge is 2.38. The Morgan fingerprint density at radius 1 is 1.00 bits per heavy atom. The van der Waals surface area contributed by atoms with Crippen molar-refractivity contribution in [2.75, 3.05) is 0 Å². The molecule has 1 N–H and O–H groups in total. The van der Waals surface area contributed by atoms with Crippen LogP contribution in [0.1, 0.15) is 47.0 Å². The number of hydrogen-bond acceptors (Lipinski definition) is 1. The zero-order valence-electron chi connectivity index (χ0n) is 9.99. The van der Waals surface area contributed by atoms with E-state index in [9.17, 15) is 13.2 Å². The standard InChI is InChI=1S/C11H22F3N/c1-8(2)6-5-7-10(11(12,13)14)15-9(3)4/h8-10,15H,5-7H2,1-4H3/t10-/m1/s1. The number of hydrogen-bond donors (Lipinski definition) is 1. The van der Waals surface area contributed by atoms with E-state index in [1.54, 1.807) is 13.8 Å². The maximum absolute atomic E-state index is 12.5. The van der Waals surface area contributed by atoms with Gasteiger partial charge in [-0.3, -0.25) is 0 Å². The van der Waals surface area contributed by atoms with Gasteiger partial charge < -0.3 is 5.32 Å². The molecular weight excluding hydrogens is 203 g/mol. The van der Waals surface area contributed by atoms with E-state index in [1.807, 2.05) is 13.8 Å². The van der Waals surface area contributed by atoms with Crippen molar-refractivity contribution in [1.82, 2.24) is 5.32 Å². The lowest BCUT2D eigenvalue weighted by Crippen LogP contribution is -2.45. The first kappa shape index (κ1) is 14.8. The first-order valence-corrected chi connectivity index (χ1v) is 5.56. The Morgan fingerprint density at radius 2 is 1.53 bits per heavy atom. The summed E-state index contributed by atoms with van der Waals surface area (Å²) < 4.78 is 37.6. The zero-order chi connectivity index (χ0) is 12.1. The summed E-state index contributed by atoms with van der Waals surface area (Å²) in [4.78, 5) is 0. The predicted molar refractivity (Wildman–Crippen MR) is 56.8 cm³/mol. The molecule has 15 heavy (non-hydrogen) atoms. The molecule has 0 aromatic rings. The monoisotopic (exact) mass is 225 g/mol. The van der Waals surface area contributed by atoms with Gasteiger partial charge in [0.15, 0.2) is 0 Å². The van der Waals surface area contributed by atoms with Gasteiger partial charge in [0.1, 0.15) is 6.04 Å². The van der Waals surface area contributed by atoms with Crippen LogP contribution < -0.4 is 5.32 Å². The van der Waals surface area contributed by atoms with Crippen molar-refractivity contribution in [3.63, 3.8) is 0 Å². The molecule has 0 radical (unpaired) electrons. The van der Waals surface area contributed by atoms with Crippen LogP contribution in [-0.2, 0) is 0 Å². The fraction of sp³-hybridized carbons (Fsp3) is 1.00. The Labute approximate surface area is 90.4 Å². The number of halogens is 3. The highest BCUT2D eigenvalue weighted by atomic mass is 19.4. The lowest BCUT2D eigenvalue weighted by molar-refractivity contribution is -0.159. The molecule has 0 heterocycles. The van der Waals surface area contributed by atoms with Crippen LogP contribution >= 0.6 is 0 Å². The molecule has 0 saturated heterocycles. The molecule has 0 aliphatic heterocycles. The van der Waals surface area contributed by atoms with Crippen molar-refractivity contribution in [3.05, 3.63) is 0 Å². The Hall–Kier alpha value is -0.250. The summed E-state index contributed by atoms with van der Waals surface area (Å²) in [6.07, 6.45) is -2.46. The summed E-state index contributed by atoms with van der Waals surface area (Å²) in [6, 6.07) is -1.48. The van der Waals surface area contributed by atoms with Crippen LogP contribution in [-0.4, -0.2) is 18.3 Å². The molecule has 0 aromatic carbocycles. The summed E-state index contributed by atoms with van der Waals surface area (Å²) in [6.45, 7) is 7.53. The van der Waals surface area contributed by atoms with Crippen LogP contribution in [0.2, 0.25) is 0 Å². The third kappa shape index (κ3) is 7.65. The molecule has 0 bridgehead atoms. The molecule has 0 rings (SSSR count). The smallest absolute Gasteiger partial charge is 0.304 e. The maximum atomic E-state index is 12.5. The van der Waals surface area contributed by atoms with E-state index < -0.39 is 12.2 Å². The molecule has 0 unspecified atom stereocenters. The lowest BCUT2D eigenvalue weighted by Gasteiger charge is -2.24. The molecule has 0 aliphatic rings. The van der Waals surface area contributed by atoms with Crippen molar-refractivity contribution in [1.29, 1.82) is 0 Å². The lowest BCUT2D eigenvalue weighted by atomic mass is 10.0. The largest absolute Gasteiger partial charge is 0.403 e. The third-order valence-corrected chi connectivity index (χ3v) is 2.20. The molecule has 92 valence electrons. The second kappa shape index (κ2) is 6.36. The highest BCUT2D eigenvalue weighted by Crippen LogP contribution is 2.25. The van der Waals surface area contributed by atoms with Crippen LogP contribution in [0.4, 0.5) is 13.2 Å². The molecule has 0 amide bonds. The van der Waals surface area contributed by atoms with Crippen LogP contribution in [0.15, 0.2) is 0 Å². The van der Waals surface area contributed by atoms with Gasteiger partial charge in [-0.2, -0.15) is 13.2 Å². The van der Waals surface area contributed by atoms with Crippen LogP contribution in [0, 0.1) is 5.92 Å². The van der Waals surface area contributed by atoms with Gasteiger partial charge in [-0.1, -0.05) is 40.5 Å². The van der Waals surface area contributed by atoms with E-state index in [1.165, 1.54) is 0 Å². The average Bonchev–Trinajstić information content (AvgIpc) is 1.99. The number of alkyl halides is 3. The first-order valence-electron chi connectivity index (χ1n) is 5.56. The molecule has 0 aromatic heterocycles. The normalized spacial score (nSPS) is 15.0. The fourth-order valence-electron chi connectivity index (χ4n) is 1.47. The molecule has 1 atom stereocenters. The van der Waals surface area contributed by atoms with E-state index in [2.05, 4.69) is 5.32 Å². The van der Waals surface area contributed by atoms with Crippen LogP contribution in [0.5, 0.6) is 0 Å². The van der Waals surface area contributed by atoms with Gasteiger partial charge in [0.05, 0.1) is 0 Å². The van der Waals surface area contributed by atoms with Gasteiger partial charge in [0.25, 0.3) is 0 Å². The van der Waals surface area contributed by atoms with Crippen molar-refractivity contribution in [2.24, 2.45) is 5.92 Å². The van der Waals surface area contributed by atoms with E-state index in [4.69, 9.17) is 0 Å². The predicted octanol–water partition coefficient (Wildman–Crippen LogP) is 3.74. The minimum absolute atomic E-state index is 0.129. The molecule has 0 aliphatic carbocycles. The van der Waals surface area contributed by atoms with Crippen molar-refractivity contribution >= 4 is 0 Å². The number of nitrogens with one attached hydrogen (secondary N) is 1. The van der Waals surface area contributed by atoms with Gasteiger partial charge in [-0.25, -0.2) is 0 Å². The molecule has 4 heteroatoms. The Bertz CT molecular complexity index is 164. The SMILES string of the molecule is CC(C)CCC[C@@H](NC(C)C)C(F)(F)F. The van der Waals surface area contributed by atoms with E-state index in [-0.39, 0.29) is 12.5 Å². The molecule has 0 fully saturated rings. The molecule has 0 saturated carbocycles. The van der Waals surface area contributed by atoms with E-state index in [0.717, 1.165) is 6.42 Å². The van der Waals surface area contributed by atoms with Gasteiger partial charge in [0, 0.05) is 6.04 Å². The minimum Gasteiger partial charge on any atom is -0.304 e. The Morgan fingerprint density at radius 3 is 1.87 bits per heavy atom. The molecule has 0 spiro atoms. The Balaban J connectivity index is 4.03. The average molecular weight is 225 g/mol. The summed E-state index contributed by atoms with van der Waals surface area (Å²) in [7, 11) is 0. The quantitative estimate of drug-likeness (QED) is 0.726. The number of rotatable bonds is 6.